The molecular formula is C13H24N2O2S. The zero-order chi connectivity index (χ0) is 12.6. The number of hydrogen-bond donors (Lipinski definition) is 2. The molecule has 2 N–H and O–H groups in total. The van der Waals surface area contributed by atoms with E-state index in [4.69, 9.17) is 4.74 Å². The lowest BCUT2D eigenvalue weighted by molar-refractivity contribution is -0.122. The topological polar surface area (TPSA) is 50.4 Å². The van der Waals surface area contributed by atoms with Crippen molar-refractivity contribution in [1.29, 1.82) is 0 Å². The van der Waals surface area contributed by atoms with E-state index in [1.54, 1.807) is 0 Å². The van der Waals surface area contributed by atoms with Gasteiger partial charge in [0.1, 0.15) is 0 Å². The summed E-state index contributed by atoms with van der Waals surface area (Å²) in [5, 5.41) is 6.95. The average molecular weight is 272 g/mol. The maximum absolute atomic E-state index is 11.6. The molecule has 0 aliphatic carbocycles. The summed E-state index contributed by atoms with van der Waals surface area (Å²) in [6, 6.07) is 0. The Bertz CT molecular complexity index is 251. The van der Waals surface area contributed by atoms with Crippen molar-refractivity contribution < 1.29 is 9.53 Å². The first kappa shape index (κ1) is 14.2. The number of nitrogens with one attached hydrogen (secondary N) is 2. The lowest BCUT2D eigenvalue weighted by atomic mass is 10.1. The number of amides is 1. The Kier molecular flexibility index (Phi) is 6.31. The van der Waals surface area contributed by atoms with Crippen molar-refractivity contribution in [2.45, 2.75) is 43.5 Å². The minimum atomic E-state index is 0.136. The van der Waals surface area contributed by atoms with Crippen molar-refractivity contribution in [2.75, 3.05) is 32.0 Å². The largest absolute Gasteiger partial charge is 0.378 e. The lowest BCUT2D eigenvalue weighted by Crippen LogP contribution is -2.34. The van der Waals surface area contributed by atoms with Crippen LogP contribution in [0.5, 0.6) is 0 Å². The molecule has 0 saturated carbocycles. The third-order valence-corrected chi connectivity index (χ3v) is 4.92. The minimum Gasteiger partial charge on any atom is -0.378 e. The molecule has 18 heavy (non-hydrogen) atoms. The Hall–Kier alpha value is -0.260. The molecule has 2 rings (SSSR count). The van der Waals surface area contributed by atoms with Crippen LogP contribution in [0.2, 0.25) is 0 Å². The van der Waals surface area contributed by atoms with Gasteiger partial charge in [-0.05, 0) is 44.5 Å². The van der Waals surface area contributed by atoms with Crippen molar-refractivity contribution in [2.24, 2.45) is 0 Å². The molecule has 0 aromatic rings. The Morgan fingerprint density at radius 2 is 2.17 bits per heavy atom. The number of ether oxygens (including phenoxy) is 1. The number of rotatable bonds is 6. The highest BCUT2D eigenvalue weighted by Gasteiger charge is 2.17. The van der Waals surface area contributed by atoms with Crippen LogP contribution in [0.3, 0.4) is 0 Å². The fraction of sp³-hybridized carbons (Fsp3) is 0.923. The molecule has 0 spiro atoms. The minimum absolute atomic E-state index is 0.136. The van der Waals surface area contributed by atoms with E-state index in [1.165, 1.54) is 18.6 Å². The second kappa shape index (κ2) is 8.02. The van der Waals surface area contributed by atoms with Gasteiger partial charge in [0.15, 0.2) is 0 Å². The fourth-order valence-corrected chi connectivity index (χ4v) is 3.60. The second-order valence-electron chi connectivity index (χ2n) is 5.01. The molecule has 1 unspecified atom stereocenters. The van der Waals surface area contributed by atoms with Gasteiger partial charge < -0.3 is 15.4 Å². The van der Waals surface area contributed by atoms with Gasteiger partial charge in [0.05, 0.1) is 12.7 Å². The van der Waals surface area contributed by atoms with Gasteiger partial charge in [-0.2, -0.15) is 11.8 Å². The van der Waals surface area contributed by atoms with Crippen LogP contribution in [-0.4, -0.2) is 49.3 Å². The Labute approximate surface area is 114 Å². The fourth-order valence-electron chi connectivity index (χ4n) is 2.40. The van der Waals surface area contributed by atoms with E-state index in [9.17, 15) is 4.79 Å². The second-order valence-corrected chi connectivity index (χ2v) is 6.42. The van der Waals surface area contributed by atoms with Crippen LogP contribution in [0, 0.1) is 0 Å². The molecule has 0 radical (unpaired) electrons. The number of carbonyl (C=O) groups is 1. The number of piperidine rings is 1. The van der Waals surface area contributed by atoms with Crippen molar-refractivity contribution in [3.05, 3.63) is 0 Å². The van der Waals surface area contributed by atoms with Gasteiger partial charge in [0.25, 0.3) is 0 Å². The molecule has 0 aromatic carbocycles. The number of hydrogen-bond acceptors (Lipinski definition) is 4. The Morgan fingerprint density at radius 3 is 2.89 bits per heavy atom. The van der Waals surface area contributed by atoms with Crippen LogP contribution in [-0.2, 0) is 9.53 Å². The number of carbonyl (C=O) groups excluding carboxylic acids is 1. The summed E-state index contributed by atoms with van der Waals surface area (Å²) in [6.07, 6.45) is 5.53. The summed E-state index contributed by atoms with van der Waals surface area (Å²) in [6.45, 7) is 3.47. The molecule has 104 valence electrons. The maximum atomic E-state index is 11.6. The predicted molar refractivity (Wildman–Crippen MR) is 75.0 cm³/mol. The molecule has 2 aliphatic heterocycles. The van der Waals surface area contributed by atoms with Crippen LogP contribution in [0.25, 0.3) is 0 Å². The summed E-state index contributed by atoms with van der Waals surface area (Å²) in [5.41, 5.74) is 0. The van der Waals surface area contributed by atoms with Gasteiger partial charge in [0, 0.05) is 18.2 Å². The van der Waals surface area contributed by atoms with Gasteiger partial charge in [-0.1, -0.05) is 0 Å². The molecule has 2 fully saturated rings. The first-order valence-electron chi connectivity index (χ1n) is 7.05. The maximum Gasteiger partial charge on any atom is 0.222 e. The van der Waals surface area contributed by atoms with Gasteiger partial charge in [-0.3, -0.25) is 4.79 Å². The Balaban J connectivity index is 1.48. The average Bonchev–Trinajstić information content (AvgIpc) is 2.91. The summed E-state index contributed by atoms with van der Waals surface area (Å²) in [5.74, 6) is 1.38. The highest BCUT2D eigenvalue weighted by Crippen LogP contribution is 2.25. The summed E-state index contributed by atoms with van der Waals surface area (Å²) in [7, 11) is 0. The van der Waals surface area contributed by atoms with Crippen LogP contribution < -0.4 is 10.6 Å². The van der Waals surface area contributed by atoms with Crippen LogP contribution in [0.15, 0.2) is 0 Å². The lowest BCUT2D eigenvalue weighted by Gasteiger charge is -2.22. The highest BCUT2D eigenvalue weighted by atomic mass is 32.2. The van der Waals surface area contributed by atoms with Crippen molar-refractivity contribution in [3.63, 3.8) is 0 Å². The van der Waals surface area contributed by atoms with E-state index < -0.39 is 0 Å². The molecule has 0 aromatic heterocycles. The first-order chi connectivity index (χ1) is 8.84. The smallest absolute Gasteiger partial charge is 0.222 e. The van der Waals surface area contributed by atoms with E-state index in [-0.39, 0.29) is 5.91 Å². The molecule has 2 saturated heterocycles. The Morgan fingerprint density at radius 1 is 1.33 bits per heavy atom. The van der Waals surface area contributed by atoms with Gasteiger partial charge in [-0.25, -0.2) is 0 Å². The van der Waals surface area contributed by atoms with Gasteiger partial charge >= 0.3 is 0 Å². The van der Waals surface area contributed by atoms with E-state index in [0.717, 1.165) is 32.5 Å². The SMILES string of the molecule is O=C(CCOC1CCNCC1)NCC1CCCS1. The molecule has 1 amide bonds. The summed E-state index contributed by atoms with van der Waals surface area (Å²) < 4.78 is 5.72. The van der Waals surface area contributed by atoms with Gasteiger partial charge in [-0.15, -0.1) is 0 Å². The molecule has 0 bridgehead atoms. The third-order valence-electron chi connectivity index (χ3n) is 3.52. The zero-order valence-electron chi connectivity index (χ0n) is 11.0. The van der Waals surface area contributed by atoms with E-state index >= 15 is 0 Å². The molecular weight excluding hydrogens is 248 g/mol. The third kappa shape index (κ3) is 5.16. The molecule has 2 aliphatic rings. The zero-order valence-corrected chi connectivity index (χ0v) is 11.8. The standard InChI is InChI=1S/C13H24N2O2S/c16-13(15-10-12-2-1-9-18-12)5-8-17-11-3-6-14-7-4-11/h11-12,14H,1-10H2,(H,15,16). The quantitative estimate of drug-likeness (QED) is 0.762. The summed E-state index contributed by atoms with van der Waals surface area (Å²) >= 11 is 1.98. The van der Waals surface area contributed by atoms with E-state index in [1.807, 2.05) is 11.8 Å². The molecule has 2 heterocycles. The first-order valence-corrected chi connectivity index (χ1v) is 8.10. The van der Waals surface area contributed by atoms with Crippen LogP contribution >= 0.6 is 11.8 Å². The van der Waals surface area contributed by atoms with E-state index in [0.29, 0.717) is 24.4 Å². The predicted octanol–water partition coefficient (Wildman–Crippen LogP) is 1.16. The normalized spacial score (nSPS) is 25.2. The van der Waals surface area contributed by atoms with Crippen molar-refractivity contribution in [1.82, 2.24) is 10.6 Å². The van der Waals surface area contributed by atoms with Crippen LogP contribution in [0.4, 0.5) is 0 Å². The van der Waals surface area contributed by atoms with Crippen LogP contribution in [0.1, 0.15) is 32.1 Å². The van der Waals surface area contributed by atoms with E-state index in [2.05, 4.69) is 10.6 Å². The molecule has 5 heteroatoms. The highest BCUT2D eigenvalue weighted by molar-refractivity contribution is 8.00. The monoisotopic (exact) mass is 272 g/mol. The van der Waals surface area contributed by atoms with Crippen molar-refractivity contribution >= 4 is 17.7 Å². The summed E-state index contributed by atoms with van der Waals surface area (Å²) in [4.78, 5) is 11.6. The molecule has 1 atom stereocenters. The molecule has 4 nitrogen and oxygen atoms in total. The van der Waals surface area contributed by atoms with Crippen molar-refractivity contribution in [3.8, 4) is 0 Å². The van der Waals surface area contributed by atoms with Gasteiger partial charge in [0.2, 0.25) is 5.91 Å². The number of thioether (sulfide) groups is 1.